The van der Waals surface area contributed by atoms with E-state index < -0.39 is 0 Å². The van der Waals surface area contributed by atoms with Gasteiger partial charge in [-0.3, -0.25) is 9.59 Å². The molecule has 0 spiro atoms. The number of benzene rings is 6. The van der Waals surface area contributed by atoms with Crippen molar-refractivity contribution in [2.45, 2.75) is 27.7 Å². The van der Waals surface area contributed by atoms with Crippen LogP contribution < -0.4 is 9.47 Å². The molecule has 0 amide bonds. The molecule has 0 saturated carbocycles. The van der Waals surface area contributed by atoms with Gasteiger partial charge in [0.1, 0.15) is 11.5 Å². The van der Waals surface area contributed by atoms with E-state index in [1.165, 1.54) is 13.8 Å². The Morgan fingerprint density at radius 1 is 0.474 bits per heavy atom. The van der Waals surface area contributed by atoms with Crippen LogP contribution in [-0.4, -0.2) is 11.9 Å². The van der Waals surface area contributed by atoms with Crippen molar-refractivity contribution in [1.82, 2.24) is 0 Å². The first-order valence-corrected chi connectivity index (χ1v) is 12.6. The molecule has 38 heavy (non-hydrogen) atoms. The quantitative estimate of drug-likeness (QED) is 0.140. The highest BCUT2D eigenvalue weighted by Gasteiger charge is 2.24. The van der Waals surface area contributed by atoms with Crippen molar-refractivity contribution in [3.63, 3.8) is 0 Å². The Morgan fingerprint density at radius 2 is 0.816 bits per heavy atom. The molecule has 0 aliphatic carbocycles. The topological polar surface area (TPSA) is 52.6 Å². The van der Waals surface area contributed by atoms with E-state index in [2.05, 4.69) is 24.3 Å². The first-order valence-electron chi connectivity index (χ1n) is 12.6. The van der Waals surface area contributed by atoms with E-state index in [9.17, 15) is 9.59 Å². The summed E-state index contributed by atoms with van der Waals surface area (Å²) in [5, 5.41) is 7.50. The number of carbonyl (C=O) groups is 2. The summed E-state index contributed by atoms with van der Waals surface area (Å²) in [6.45, 7) is 6.95. The molecule has 0 unspecified atom stereocenters. The monoisotopic (exact) mass is 498 g/mol. The van der Waals surface area contributed by atoms with Crippen LogP contribution in [0.2, 0.25) is 0 Å². The van der Waals surface area contributed by atoms with Gasteiger partial charge in [-0.15, -0.1) is 0 Å². The smallest absolute Gasteiger partial charge is 0.308 e. The molecule has 0 aliphatic heterocycles. The number of fused-ring (bicyclic) bond motifs is 4. The highest BCUT2D eigenvalue weighted by Crippen LogP contribution is 2.50. The van der Waals surface area contributed by atoms with Crippen molar-refractivity contribution < 1.29 is 19.1 Å². The Kier molecular flexibility index (Phi) is 5.61. The number of carbonyl (C=O) groups excluding carboxylic acids is 2. The lowest BCUT2D eigenvalue weighted by Gasteiger charge is -2.22. The average Bonchev–Trinajstić information content (AvgIpc) is 2.89. The minimum absolute atomic E-state index is 0.357. The van der Waals surface area contributed by atoms with E-state index in [-0.39, 0.29) is 11.9 Å². The molecule has 186 valence electrons. The molecule has 0 atom stereocenters. The van der Waals surface area contributed by atoms with E-state index in [0.717, 1.165) is 65.3 Å². The summed E-state index contributed by atoms with van der Waals surface area (Å²) in [5.41, 5.74) is 4.15. The fourth-order valence-corrected chi connectivity index (χ4v) is 5.75. The van der Waals surface area contributed by atoms with Gasteiger partial charge >= 0.3 is 11.9 Å². The third-order valence-electron chi connectivity index (χ3n) is 7.16. The summed E-state index contributed by atoms with van der Waals surface area (Å²) in [5.74, 6) is 0.437. The molecular weight excluding hydrogens is 472 g/mol. The zero-order valence-corrected chi connectivity index (χ0v) is 21.7. The van der Waals surface area contributed by atoms with Crippen molar-refractivity contribution in [2.24, 2.45) is 0 Å². The highest BCUT2D eigenvalue weighted by molar-refractivity contribution is 6.27. The molecule has 0 heterocycles. The van der Waals surface area contributed by atoms with E-state index >= 15 is 0 Å². The van der Waals surface area contributed by atoms with Crippen LogP contribution in [-0.2, 0) is 9.59 Å². The molecule has 0 fully saturated rings. The molecule has 0 aliphatic rings. The molecular formula is C34H26O4. The van der Waals surface area contributed by atoms with Crippen LogP contribution in [0.1, 0.15) is 25.0 Å². The zero-order valence-electron chi connectivity index (χ0n) is 21.7. The summed E-state index contributed by atoms with van der Waals surface area (Å²) in [6.07, 6.45) is 0. The summed E-state index contributed by atoms with van der Waals surface area (Å²) in [6, 6.07) is 28.5. The standard InChI is InChI=1S/C34H26O4/c1-19-11-9-17-27-29(19)33(37-21(3)35)25-15-7-5-13-23(25)31(27)32-24-14-6-8-16-26(24)34(38-22(4)36)30-20(2)12-10-18-28(30)32/h5-18H,1-4H3. The van der Waals surface area contributed by atoms with Crippen LogP contribution in [0.4, 0.5) is 0 Å². The molecule has 6 aromatic rings. The van der Waals surface area contributed by atoms with Crippen molar-refractivity contribution >= 4 is 55.0 Å². The normalized spacial score (nSPS) is 11.4. The van der Waals surface area contributed by atoms with Gasteiger partial charge in [0, 0.05) is 35.4 Å². The molecule has 0 bridgehead atoms. The maximum absolute atomic E-state index is 12.2. The number of rotatable bonds is 3. The fraction of sp³-hybridized carbons (Fsp3) is 0.118. The summed E-state index contributed by atoms with van der Waals surface area (Å²) >= 11 is 0. The minimum atomic E-state index is -0.357. The number of hydrogen-bond donors (Lipinski definition) is 0. The molecule has 0 radical (unpaired) electrons. The Balaban J connectivity index is 1.92. The Morgan fingerprint density at radius 3 is 1.18 bits per heavy atom. The Labute approximate surface area is 220 Å². The van der Waals surface area contributed by atoms with Crippen molar-refractivity contribution in [3.8, 4) is 22.6 Å². The van der Waals surface area contributed by atoms with Gasteiger partial charge in [0.25, 0.3) is 0 Å². The lowest BCUT2D eigenvalue weighted by Crippen LogP contribution is -2.05. The summed E-state index contributed by atoms with van der Waals surface area (Å²) < 4.78 is 11.7. The Hall–Kier alpha value is -4.70. The van der Waals surface area contributed by atoms with E-state index in [1.807, 2.05) is 74.5 Å². The van der Waals surface area contributed by atoms with Gasteiger partial charge in [-0.25, -0.2) is 0 Å². The van der Waals surface area contributed by atoms with Crippen LogP contribution in [0, 0.1) is 13.8 Å². The maximum atomic E-state index is 12.2. The van der Waals surface area contributed by atoms with Gasteiger partial charge in [0.05, 0.1) is 0 Å². The van der Waals surface area contributed by atoms with E-state index in [1.54, 1.807) is 0 Å². The summed E-state index contributed by atoms with van der Waals surface area (Å²) in [7, 11) is 0. The second-order valence-corrected chi connectivity index (χ2v) is 9.68. The molecule has 0 aromatic heterocycles. The van der Waals surface area contributed by atoms with Crippen LogP contribution in [0.3, 0.4) is 0 Å². The molecule has 6 rings (SSSR count). The molecule has 0 saturated heterocycles. The minimum Gasteiger partial charge on any atom is -0.425 e. The third kappa shape index (κ3) is 3.60. The van der Waals surface area contributed by atoms with Gasteiger partial charge in [0.15, 0.2) is 0 Å². The van der Waals surface area contributed by atoms with Crippen molar-refractivity contribution in [1.29, 1.82) is 0 Å². The first-order chi connectivity index (χ1) is 18.4. The van der Waals surface area contributed by atoms with Crippen molar-refractivity contribution in [3.05, 3.63) is 96.1 Å². The fourth-order valence-electron chi connectivity index (χ4n) is 5.75. The number of esters is 2. The second kappa shape index (κ2) is 9.00. The number of aryl methyl sites for hydroxylation is 2. The van der Waals surface area contributed by atoms with Gasteiger partial charge in [0.2, 0.25) is 0 Å². The van der Waals surface area contributed by atoms with Gasteiger partial charge in [-0.1, -0.05) is 84.9 Å². The van der Waals surface area contributed by atoms with Gasteiger partial charge in [-0.2, -0.15) is 0 Å². The molecule has 4 heteroatoms. The first kappa shape index (κ1) is 23.7. The highest BCUT2D eigenvalue weighted by atomic mass is 16.5. The van der Waals surface area contributed by atoms with Crippen LogP contribution in [0.5, 0.6) is 11.5 Å². The second-order valence-electron chi connectivity index (χ2n) is 9.68. The SMILES string of the molecule is CC(=O)Oc1c2ccccc2c(-c2c3ccccc3c(OC(C)=O)c3c(C)cccc23)c2cccc(C)c12. The van der Waals surface area contributed by atoms with Gasteiger partial charge < -0.3 is 9.47 Å². The lowest BCUT2D eigenvalue weighted by molar-refractivity contribution is -0.132. The molecule has 0 N–H and O–H groups in total. The predicted octanol–water partition coefficient (Wildman–Crippen LogP) is 8.43. The number of hydrogen-bond acceptors (Lipinski definition) is 4. The molecule has 6 aromatic carbocycles. The van der Waals surface area contributed by atoms with Crippen LogP contribution in [0.25, 0.3) is 54.2 Å². The largest absolute Gasteiger partial charge is 0.425 e. The van der Waals surface area contributed by atoms with Crippen LogP contribution >= 0.6 is 0 Å². The van der Waals surface area contributed by atoms with E-state index in [0.29, 0.717) is 11.5 Å². The summed E-state index contributed by atoms with van der Waals surface area (Å²) in [4.78, 5) is 24.4. The lowest BCUT2D eigenvalue weighted by atomic mass is 9.84. The van der Waals surface area contributed by atoms with Gasteiger partial charge in [-0.05, 0) is 57.6 Å². The van der Waals surface area contributed by atoms with Crippen molar-refractivity contribution in [2.75, 3.05) is 0 Å². The predicted molar refractivity (Wildman–Crippen MR) is 154 cm³/mol. The zero-order chi connectivity index (χ0) is 26.6. The average molecular weight is 499 g/mol. The van der Waals surface area contributed by atoms with Crippen LogP contribution in [0.15, 0.2) is 84.9 Å². The van der Waals surface area contributed by atoms with E-state index in [4.69, 9.17) is 9.47 Å². The maximum Gasteiger partial charge on any atom is 0.308 e. The third-order valence-corrected chi connectivity index (χ3v) is 7.16. The molecule has 4 nitrogen and oxygen atoms in total. The number of ether oxygens (including phenoxy) is 2. The Bertz CT molecular complexity index is 1810.